The van der Waals surface area contributed by atoms with Crippen LogP contribution in [0.3, 0.4) is 0 Å². The average molecular weight is 288 g/mol. The van der Waals surface area contributed by atoms with E-state index in [1.165, 1.54) is 12.1 Å². The number of nitrogens with one attached hydrogen (secondary N) is 2. The fourth-order valence-electron chi connectivity index (χ4n) is 1.85. The van der Waals surface area contributed by atoms with Crippen molar-refractivity contribution in [2.24, 2.45) is 0 Å². The molecule has 0 aromatic heterocycles. The highest BCUT2D eigenvalue weighted by molar-refractivity contribution is 5.91. The summed E-state index contributed by atoms with van der Waals surface area (Å²) in [4.78, 5) is 11.7. The third-order valence-electron chi connectivity index (χ3n) is 2.80. The van der Waals surface area contributed by atoms with Gasteiger partial charge in [0.15, 0.2) is 6.61 Å². The summed E-state index contributed by atoms with van der Waals surface area (Å²) in [5, 5.41) is 5.51. The standard InChI is InChI=1S/C16H17FN2O2/c1-18-10-12-5-4-6-13(9-12)21-11-16(20)19-15-8-3-2-7-14(15)17/h2-9,18H,10-11H2,1H3,(H,19,20). The van der Waals surface area contributed by atoms with Gasteiger partial charge in [0.2, 0.25) is 0 Å². The maximum Gasteiger partial charge on any atom is 0.262 e. The first-order valence-electron chi connectivity index (χ1n) is 6.60. The molecule has 0 unspecified atom stereocenters. The molecule has 0 saturated carbocycles. The minimum absolute atomic E-state index is 0.148. The van der Waals surface area contributed by atoms with E-state index in [1.54, 1.807) is 18.2 Å². The van der Waals surface area contributed by atoms with Gasteiger partial charge < -0.3 is 15.4 Å². The van der Waals surface area contributed by atoms with Gasteiger partial charge in [-0.05, 0) is 36.9 Å². The molecule has 0 aliphatic carbocycles. The van der Waals surface area contributed by atoms with Crippen molar-refractivity contribution >= 4 is 11.6 Å². The molecule has 2 aromatic rings. The lowest BCUT2D eigenvalue weighted by Crippen LogP contribution is -2.20. The molecule has 2 N–H and O–H groups in total. The first kappa shape index (κ1) is 15.0. The zero-order chi connectivity index (χ0) is 15.1. The number of carbonyl (C=O) groups is 1. The SMILES string of the molecule is CNCc1cccc(OCC(=O)Nc2ccccc2F)c1. The van der Waals surface area contributed by atoms with Crippen LogP contribution in [0.1, 0.15) is 5.56 Å². The summed E-state index contributed by atoms with van der Waals surface area (Å²) in [7, 11) is 1.86. The van der Waals surface area contributed by atoms with Gasteiger partial charge in [0.1, 0.15) is 11.6 Å². The molecule has 0 radical (unpaired) electrons. The van der Waals surface area contributed by atoms with Crippen LogP contribution < -0.4 is 15.4 Å². The molecule has 0 aliphatic heterocycles. The van der Waals surface area contributed by atoms with Crippen LogP contribution in [-0.2, 0) is 11.3 Å². The van der Waals surface area contributed by atoms with Crippen molar-refractivity contribution in [1.29, 1.82) is 0 Å². The van der Waals surface area contributed by atoms with Gasteiger partial charge in [-0.2, -0.15) is 0 Å². The number of rotatable bonds is 6. The fourth-order valence-corrected chi connectivity index (χ4v) is 1.85. The molecule has 21 heavy (non-hydrogen) atoms. The minimum Gasteiger partial charge on any atom is -0.484 e. The van der Waals surface area contributed by atoms with Gasteiger partial charge in [0.25, 0.3) is 5.91 Å². The summed E-state index contributed by atoms with van der Waals surface area (Å²) in [5.41, 5.74) is 1.21. The minimum atomic E-state index is -0.470. The monoisotopic (exact) mass is 288 g/mol. The second-order valence-electron chi connectivity index (χ2n) is 4.49. The molecule has 5 heteroatoms. The Balaban J connectivity index is 1.89. The predicted molar refractivity (Wildman–Crippen MR) is 79.7 cm³/mol. The molecular formula is C16H17FN2O2. The summed E-state index contributed by atoms with van der Waals surface area (Å²) < 4.78 is 18.8. The van der Waals surface area contributed by atoms with Gasteiger partial charge in [-0.3, -0.25) is 4.79 Å². The Bertz CT molecular complexity index is 617. The second-order valence-corrected chi connectivity index (χ2v) is 4.49. The van der Waals surface area contributed by atoms with Crippen LogP contribution in [0.4, 0.5) is 10.1 Å². The number of ether oxygens (including phenoxy) is 1. The highest BCUT2D eigenvalue weighted by Crippen LogP contribution is 2.14. The Labute approximate surface area is 122 Å². The molecule has 0 heterocycles. The third kappa shape index (κ3) is 4.57. The number of hydrogen-bond acceptors (Lipinski definition) is 3. The predicted octanol–water partition coefficient (Wildman–Crippen LogP) is 2.56. The van der Waals surface area contributed by atoms with Gasteiger partial charge in [-0.25, -0.2) is 4.39 Å². The highest BCUT2D eigenvalue weighted by atomic mass is 19.1. The smallest absolute Gasteiger partial charge is 0.262 e. The lowest BCUT2D eigenvalue weighted by Gasteiger charge is -2.09. The Kier molecular flexibility index (Phi) is 5.29. The molecule has 0 fully saturated rings. The Morgan fingerprint density at radius 1 is 1.19 bits per heavy atom. The van der Waals surface area contributed by atoms with Crippen molar-refractivity contribution in [3.63, 3.8) is 0 Å². The van der Waals surface area contributed by atoms with Gasteiger partial charge in [-0.1, -0.05) is 24.3 Å². The van der Waals surface area contributed by atoms with E-state index in [-0.39, 0.29) is 12.3 Å². The Morgan fingerprint density at radius 3 is 2.76 bits per heavy atom. The maximum atomic E-state index is 13.4. The molecule has 0 bridgehead atoms. The van der Waals surface area contributed by atoms with Crippen LogP contribution in [0.15, 0.2) is 48.5 Å². The van der Waals surface area contributed by atoms with Crippen LogP contribution in [0.2, 0.25) is 0 Å². The van der Waals surface area contributed by atoms with E-state index in [1.807, 2.05) is 25.2 Å². The lowest BCUT2D eigenvalue weighted by molar-refractivity contribution is -0.118. The van der Waals surface area contributed by atoms with Gasteiger partial charge in [-0.15, -0.1) is 0 Å². The quantitative estimate of drug-likeness (QED) is 0.859. The maximum absolute atomic E-state index is 13.4. The van der Waals surface area contributed by atoms with E-state index in [9.17, 15) is 9.18 Å². The van der Waals surface area contributed by atoms with E-state index in [0.717, 1.165) is 12.1 Å². The van der Waals surface area contributed by atoms with Crippen LogP contribution in [0.5, 0.6) is 5.75 Å². The average Bonchev–Trinajstić information content (AvgIpc) is 2.48. The van der Waals surface area contributed by atoms with E-state index in [4.69, 9.17) is 4.74 Å². The molecule has 4 nitrogen and oxygen atoms in total. The van der Waals surface area contributed by atoms with Crippen molar-refractivity contribution in [2.45, 2.75) is 6.54 Å². The van der Waals surface area contributed by atoms with Crippen molar-refractivity contribution < 1.29 is 13.9 Å². The van der Waals surface area contributed by atoms with E-state index < -0.39 is 11.7 Å². The molecule has 2 rings (SSSR count). The number of benzene rings is 2. The fraction of sp³-hybridized carbons (Fsp3) is 0.188. The lowest BCUT2D eigenvalue weighted by atomic mass is 10.2. The highest BCUT2D eigenvalue weighted by Gasteiger charge is 2.07. The van der Waals surface area contributed by atoms with Crippen molar-refractivity contribution in [3.05, 3.63) is 59.9 Å². The van der Waals surface area contributed by atoms with Crippen LogP contribution in [0, 0.1) is 5.82 Å². The summed E-state index contributed by atoms with van der Waals surface area (Å²) >= 11 is 0. The second kappa shape index (κ2) is 7.40. The molecule has 0 atom stereocenters. The number of amides is 1. The molecule has 1 amide bonds. The molecule has 2 aromatic carbocycles. The van der Waals surface area contributed by atoms with Crippen molar-refractivity contribution in [2.75, 3.05) is 19.0 Å². The summed E-state index contributed by atoms with van der Waals surface area (Å²) in [5.74, 6) is -0.271. The van der Waals surface area contributed by atoms with E-state index in [2.05, 4.69) is 10.6 Å². The Morgan fingerprint density at radius 2 is 2.00 bits per heavy atom. The van der Waals surface area contributed by atoms with Crippen LogP contribution in [-0.4, -0.2) is 19.6 Å². The van der Waals surface area contributed by atoms with Gasteiger partial charge in [0, 0.05) is 6.54 Å². The normalized spacial score (nSPS) is 10.2. The zero-order valence-electron chi connectivity index (χ0n) is 11.7. The summed E-state index contributed by atoms with van der Waals surface area (Å²) in [6.45, 7) is 0.552. The number of halogens is 1. The number of anilines is 1. The summed E-state index contributed by atoms with van der Waals surface area (Å²) in [6, 6.07) is 13.5. The third-order valence-corrected chi connectivity index (χ3v) is 2.80. The molecule has 0 saturated heterocycles. The molecule has 110 valence electrons. The van der Waals surface area contributed by atoms with Crippen LogP contribution in [0.25, 0.3) is 0 Å². The van der Waals surface area contributed by atoms with Crippen LogP contribution >= 0.6 is 0 Å². The molecule has 0 aliphatic rings. The van der Waals surface area contributed by atoms with Crippen molar-refractivity contribution in [1.82, 2.24) is 5.32 Å². The van der Waals surface area contributed by atoms with Gasteiger partial charge in [0.05, 0.1) is 5.69 Å². The first-order chi connectivity index (χ1) is 10.2. The first-order valence-corrected chi connectivity index (χ1v) is 6.60. The van der Waals surface area contributed by atoms with E-state index >= 15 is 0 Å². The molecular weight excluding hydrogens is 271 g/mol. The van der Waals surface area contributed by atoms with Crippen molar-refractivity contribution in [3.8, 4) is 5.75 Å². The largest absolute Gasteiger partial charge is 0.484 e. The number of para-hydroxylation sites is 1. The number of carbonyl (C=O) groups excluding carboxylic acids is 1. The topological polar surface area (TPSA) is 50.4 Å². The van der Waals surface area contributed by atoms with E-state index in [0.29, 0.717) is 5.75 Å². The van der Waals surface area contributed by atoms with Gasteiger partial charge >= 0.3 is 0 Å². The molecule has 0 spiro atoms. The Hall–Kier alpha value is -2.40. The summed E-state index contributed by atoms with van der Waals surface area (Å²) in [6.07, 6.45) is 0. The zero-order valence-corrected chi connectivity index (χ0v) is 11.7. The number of hydrogen-bond donors (Lipinski definition) is 2.